The second kappa shape index (κ2) is 16.3. The van der Waals surface area contributed by atoms with E-state index in [0.717, 1.165) is 44.5 Å². The lowest BCUT2D eigenvalue weighted by Gasteiger charge is -2.43. The Hall–Kier alpha value is -1.47. The van der Waals surface area contributed by atoms with Crippen LogP contribution in [0.15, 0.2) is 6.08 Å². The molecule has 0 fully saturated rings. The summed E-state index contributed by atoms with van der Waals surface area (Å²) >= 11 is 1.22. The summed E-state index contributed by atoms with van der Waals surface area (Å²) in [4.78, 5) is 12.6. The predicted molar refractivity (Wildman–Crippen MR) is 145 cm³/mol. The maximum absolute atomic E-state index is 12.6. The number of ether oxygens (including phenoxy) is 2. The summed E-state index contributed by atoms with van der Waals surface area (Å²) in [5.41, 5.74) is 2.04. The van der Waals surface area contributed by atoms with Crippen molar-refractivity contribution in [3.8, 4) is 5.88 Å². The molecule has 0 radical (unpaired) electrons. The number of quaternary nitrogens is 1. The van der Waals surface area contributed by atoms with Gasteiger partial charge in [0.25, 0.3) is 5.88 Å². The Labute approximate surface area is 218 Å². The summed E-state index contributed by atoms with van der Waals surface area (Å²) in [5, 5.41) is 0. The molecular weight excluding hydrogens is 458 g/mol. The second-order valence-corrected chi connectivity index (χ2v) is 11.2. The van der Waals surface area contributed by atoms with Crippen LogP contribution >= 0.6 is 11.7 Å². The van der Waals surface area contributed by atoms with Gasteiger partial charge in [0, 0.05) is 18.4 Å². The third kappa shape index (κ3) is 10.2. The Morgan fingerprint density at radius 2 is 1.66 bits per heavy atom. The maximum Gasteiger partial charge on any atom is 0.312 e. The lowest BCUT2D eigenvalue weighted by atomic mass is 10.0. The highest BCUT2D eigenvalue weighted by atomic mass is 32.1. The molecule has 1 aromatic rings. The van der Waals surface area contributed by atoms with Crippen molar-refractivity contribution >= 4 is 23.3 Å². The first kappa shape index (κ1) is 29.8. The van der Waals surface area contributed by atoms with E-state index >= 15 is 0 Å². The van der Waals surface area contributed by atoms with Crippen LogP contribution in [0.5, 0.6) is 5.88 Å². The van der Waals surface area contributed by atoms with Crippen molar-refractivity contribution < 1.29 is 18.8 Å². The van der Waals surface area contributed by atoms with E-state index in [-0.39, 0.29) is 18.1 Å². The summed E-state index contributed by atoms with van der Waals surface area (Å²) in [7, 11) is 2.23. The molecule has 35 heavy (non-hydrogen) atoms. The van der Waals surface area contributed by atoms with Crippen molar-refractivity contribution in [2.24, 2.45) is 5.92 Å². The highest BCUT2D eigenvalue weighted by Crippen LogP contribution is 2.33. The lowest BCUT2D eigenvalue weighted by Crippen LogP contribution is -2.56. The minimum absolute atomic E-state index is 0.0974. The highest BCUT2D eigenvalue weighted by molar-refractivity contribution is 6.99. The van der Waals surface area contributed by atoms with E-state index in [4.69, 9.17) is 9.47 Å². The molecular formula is C28H50N3O3S+. The SMILES string of the molecule is CCCCCCCCCC(OC(=O)C(C)C)[N+]1(C)CCC=C(c2nsnc2OCCCCCC)C1. The van der Waals surface area contributed by atoms with Gasteiger partial charge in [0.1, 0.15) is 12.2 Å². The molecule has 200 valence electrons. The molecule has 0 aliphatic carbocycles. The number of hydrogen-bond acceptors (Lipinski definition) is 6. The van der Waals surface area contributed by atoms with Crippen molar-refractivity contribution in [2.45, 2.75) is 117 Å². The molecule has 0 saturated heterocycles. The third-order valence-corrected chi connectivity index (χ3v) is 7.55. The molecule has 2 unspecified atom stereocenters. The van der Waals surface area contributed by atoms with Crippen molar-refractivity contribution in [3.05, 3.63) is 11.8 Å². The Morgan fingerprint density at radius 1 is 1.00 bits per heavy atom. The number of nitrogens with zero attached hydrogens (tertiary/aromatic N) is 3. The number of carbonyl (C=O) groups excluding carboxylic acids is 1. The molecule has 0 N–H and O–H groups in total. The largest absolute Gasteiger partial charge is 0.475 e. The van der Waals surface area contributed by atoms with E-state index in [1.807, 2.05) is 13.8 Å². The van der Waals surface area contributed by atoms with Gasteiger partial charge in [0.05, 0.1) is 37.8 Å². The minimum atomic E-state index is -0.130. The van der Waals surface area contributed by atoms with Gasteiger partial charge in [-0.15, -0.1) is 4.37 Å². The van der Waals surface area contributed by atoms with Gasteiger partial charge in [-0.1, -0.05) is 91.6 Å². The zero-order chi connectivity index (χ0) is 25.5. The summed E-state index contributed by atoms with van der Waals surface area (Å²) in [6.45, 7) is 10.7. The Bertz CT molecular complexity index is 764. The fraction of sp³-hybridized carbons (Fsp3) is 0.821. The topological polar surface area (TPSA) is 61.3 Å². The Balaban J connectivity index is 2.02. The lowest BCUT2D eigenvalue weighted by molar-refractivity contribution is -0.947. The summed E-state index contributed by atoms with van der Waals surface area (Å²) in [6, 6.07) is 0. The molecule has 0 saturated carbocycles. The molecule has 0 aromatic carbocycles. The van der Waals surface area contributed by atoms with E-state index in [9.17, 15) is 4.79 Å². The van der Waals surface area contributed by atoms with Crippen LogP contribution in [0.3, 0.4) is 0 Å². The Kier molecular flexibility index (Phi) is 13.9. The Morgan fingerprint density at radius 3 is 2.34 bits per heavy atom. The molecule has 2 atom stereocenters. The molecule has 7 heteroatoms. The van der Waals surface area contributed by atoms with Gasteiger partial charge in [0.15, 0.2) is 0 Å². The summed E-state index contributed by atoms with van der Waals surface area (Å²) in [6.07, 6.45) is 17.5. The van der Waals surface area contributed by atoms with Crippen molar-refractivity contribution in [3.63, 3.8) is 0 Å². The average molecular weight is 509 g/mol. The van der Waals surface area contributed by atoms with Crippen LogP contribution < -0.4 is 4.74 Å². The van der Waals surface area contributed by atoms with Gasteiger partial charge in [-0.25, -0.2) is 0 Å². The van der Waals surface area contributed by atoms with Crippen LogP contribution in [-0.2, 0) is 9.53 Å². The van der Waals surface area contributed by atoms with Crippen molar-refractivity contribution in [2.75, 3.05) is 26.7 Å². The van der Waals surface area contributed by atoms with Gasteiger partial charge in [-0.05, 0) is 12.8 Å². The smallest absolute Gasteiger partial charge is 0.312 e. The second-order valence-electron chi connectivity index (χ2n) is 10.7. The van der Waals surface area contributed by atoms with Crippen molar-refractivity contribution in [1.82, 2.24) is 8.75 Å². The molecule has 2 rings (SSSR count). The number of esters is 1. The number of hydrogen-bond donors (Lipinski definition) is 0. The summed E-state index contributed by atoms with van der Waals surface area (Å²) in [5.74, 6) is 0.447. The van der Waals surface area contributed by atoms with Crippen LogP contribution in [-0.4, -0.2) is 52.2 Å². The molecule has 1 aliphatic rings. The minimum Gasteiger partial charge on any atom is -0.475 e. The molecule has 1 aliphatic heterocycles. The fourth-order valence-corrected chi connectivity index (χ4v) is 5.23. The first-order chi connectivity index (χ1) is 16.9. The van der Waals surface area contributed by atoms with E-state index in [1.165, 1.54) is 75.1 Å². The van der Waals surface area contributed by atoms with Gasteiger partial charge in [0.2, 0.25) is 6.23 Å². The number of rotatable bonds is 18. The van der Waals surface area contributed by atoms with Crippen LogP contribution in [0.2, 0.25) is 0 Å². The zero-order valence-corrected chi connectivity index (χ0v) is 23.8. The van der Waals surface area contributed by atoms with Crippen LogP contribution in [0.25, 0.3) is 5.57 Å². The summed E-state index contributed by atoms with van der Waals surface area (Å²) < 4.78 is 21.9. The molecule has 0 spiro atoms. The van der Waals surface area contributed by atoms with Gasteiger partial charge >= 0.3 is 5.97 Å². The van der Waals surface area contributed by atoms with Crippen molar-refractivity contribution in [1.29, 1.82) is 0 Å². The molecule has 6 nitrogen and oxygen atoms in total. The van der Waals surface area contributed by atoms with Gasteiger partial charge in [-0.2, -0.15) is 4.37 Å². The predicted octanol–water partition coefficient (Wildman–Crippen LogP) is 7.40. The monoisotopic (exact) mass is 508 g/mol. The maximum atomic E-state index is 12.6. The molecule has 1 aromatic heterocycles. The molecule has 0 amide bonds. The number of unbranched alkanes of at least 4 members (excludes halogenated alkanes) is 9. The number of carbonyl (C=O) groups is 1. The van der Waals surface area contributed by atoms with E-state index in [2.05, 4.69) is 35.7 Å². The number of likely N-dealkylation sites (N-methyl/N-ethyl adjacent to an activating group) is 1. The first-order valence-corrected chi connectivity index (χ1v) is 14.8. The van der Waals surface area contributed by atoms with Gasteiger partial charge in [-0.3, -0.25) is 9.28 Å². The third-order valence-electron chi connectivity index (χ3n) is 7.03. The van der Waals surface area contributed by atoms with Crippen LogP contribution in [0, 0.1) is 5.92 Å². The van der Waals surface area contributed by atoms with Crippen LogP contribution in [0.4, 0.5) is 0 Å². The van der Waals surface area contributed by atoms with E-state index in [1.54, 1.807) is 0 Å². The van der Waals surface area contributed by atoms with E-state index in [0.29, 0.717) is 17.0 Å². The highest BCUT2D eigenvalue weighted by Gasteiger charge is 2.39. The zero-order valence-electron chi connectivity index (χ0n) is 23.0. The quantitative estimate of drug-likeness (QED) is 0.117. The molecule has 0 bridgehead atoms. The van der Waals surface area contributed by atoms with E-state index < -0.39 is 0 Å². The standard InChI is InChI=1S/C28H50N3O3S/c1-6-8-10-12-13-14-15-19-25(34-28(32)23(3)4)31(5)20-17-18-24(22-31)26-27(30-35-29-26)33-21-16-11-9-7-2/h18,23,25H,6-17,19-22H2,1-5H3/q+1. The fourth-order valence-electron chi connectivity index (χ4n) is 4.70. The molecule has 2 heterocycles. The first-order valence-electron chi connectivity index (χ1n) is 14.1. The number of aromatic nitrogens is 2. The van der Waals surface area contributed by atoms with Crippen LogP contribution in [0.1, 0.15) is 117 Å². The van der Waals surface area contributed by atoms with Gasteiger partial charge < -0.3 is 9.47 Å². The normalized spacial score (nSPS) is 19.0. The average Bonchev–Trinajstić information content (AvgIpc) is 3.31.